The monoisotopic (exact) mass is 383 g/mol. The zero-order chi connectivity index (χ0) is 16.6. The molecule has 0 saturated heterocycles. The van der Waals surface area contributed by atoms with E-state index in [-0.39, 0.29) is 24.8 Å². The first-order chi connectivity index (χ1) is 11.0. The molecule has 0 fully saturated rings. The van der Waals surface area contributed by atoms with Crippen LogP contribution in [-0.4, -0.2) is 31.2 Å². The van der Waals surface area contributed by atoms with Crippen LogP contribution >= 0.6 is 24.8 Å². The maximum absolute atomic E-state index is 12.1. The molecule has 2 aromatic heterocycles. The third-order valence-electron chi connectivity index (χ3n) is 3.65. The number of hydrogen-bond acceptors (Lipinski definition) is 4. The molecular formula is C15H19Cl2N7O. The molecule has 0 unspecified atom stereocenters. The van der Waals surface area contributed by atoms with Gasteiger partial charge in [0, 0.05) is 7.05 Å². The van der Waals surface area contributed by atoms with E-state index in [1.807, 2.05) is 42.8 Å². The lowest BCUT2D eigenvalue weighted by Crippen LogP contribution is -2.36. The van der Waals surface area contributed by atoms with Gasteiger partial charge in [0.1, 0.15) is 0 Å². The van der Waals surface area contributed by atoms with E-state index in [1.165, 1.54) is 6.20 Å². The van der Waals surface area contributed by atoms with Gasteiger partial charge in [-0.1, -0.05) is 19.1 Å². The van der Waals surface area contributed by atoms with Gasteiger partial charge in [0.2, 0.25) is 5.95 Å². The Morgan fingerprint density at radius 2 is 2.00 bits per heavy atom. The topological polar surface area (TPSA) is 115 Å². The number of para-hydroxylation sites is 2. The van der Waals surface area contributed by atoms with E-state index in [4.69, 9.17) is 11.1 Å². The molecule has 4 N–H and O–H groups in total. The van der Waals surface area contributed by atoms with Crippen molar-refractivity contribution in [1.29, 1.82) is 5.41 Å². The summed E-state index contributed by atoms with van der Waals surface area (Å²) in [6.07, 6.45) is 2.06. The second-order valence-electron chi connectivity index (χ2n) is 5.10. The highest BCUT2D eigenvalue weighted by Gasteiger charge is 2.20. The van der Waals surface area contributed by atoms with Gasteiger partial charge in [0.25, 0.3) is 5.91 Å². The fraction of sp³-hybridized carbons (Fsp3) is 0.200. The summed E-state index contributed by atoms with van der Waals surface area (Å²) >= 11 is 0. The Hall–Kier alpha value is -2.58. The minimum absolute atomic E-state index is 0. The zero-order valence-corrected chi connectivity index (χ0v) is 15.3. The number of benzene rings is 1. The molecule has 3 aromatic rings. The van der Waals surface area contributed by atoms with Crippen LogP contribution < -0.4 is 11.1 Å². The van der Waals surface area contributed by atoms with Crippen molar-refractivity contribution in [2.45, 2.75) is 13.3 Å². The molecule has 2 heterocycles. The van der Waals surface area contributed by atoms with Gasteiger partial charge in [-0.25, -0.2) is 9.67 Å². The normalized spacial score (nSPS) is 10.0. The Morgan fingerprint density at radius 3 is 2.60 bits per heavy atom. The summed E-state index contributed by atoms with van der Waals surface area (Å²) in [6.45, 7) is 1.93. The molecule has 0 radical (unpaired) electrons. The lowest BCUT2D eigenvalue weighted by atomic mass is 10.2. The van der Waals surface area contributed by atoms with Gasteiger partial charge >= 0.3 is 0 Å². The van der Waals surface area contributed by atoms with Gasteiger partial charge in [-0.3, -0.25) is 15.5 Å². The average Bonchev–Trinajstić information content (AvgIpc) is 3.08. The highest BCUT2D eigenvalue weighted by molar-refractivity contribution is 6.05. The largest absolute Gasteiger partial charge is 0.370 e. The van der Waals surface area contributed by atoms with Crippen molar-refractivity contribution in [1.82, 2.24) is 24.6 Å². The SMILES string of the molecule is CCc1c(C(=O)NC(=N)N)cnn1-c1nc2ccccc2n1C.Cl.Cl. The van der Waals surface area contributed by atoms with Crippen LogP contribution in [0.15, 0.2) is 30.5 Å². The number of carbonyl (C=O) groups excluding carboxylic acids is 1. The van der Waals surface area contributed by atoms with E-state index >= 15 is 0 Å². The van der Waals surface area contributed by atoms with E-state index < -0.39 is 11.9 Å². The Bertz CT molecular complexity index is 916. The Kier molecular flexibility index (Phi) is 6.55. The third kappa shape index (κ3) is 3.59. The highest BCUT2D eigenvalue weighted by atomic mass is 35.5. The fourth-order valence-electron chi connectivity index (χ4n) is 2.59. The van der Waals surface area contributed by atoms with Crippen LogP contribution in [0.1, 0.15) is 23.0 Å². The fourth-order valence-corrected chi connectivity index (χ4v) is 2.59. The number of hydrogen-bond donors (Lipinski definition) is 3. The molecule has 0 saturated carbocycles. The molecular weight excluding hydrogens is 365 g/mol. The number of aryl methyl sites for hydroxylation is 1. The van der Waals surface area contributed by atoms with E-state index in [0.717, 1.165) is 11.0 Å². The van der Waals surface area contributed by atoms with Crippen LogP contribution in [0.2, 0.25) is 0 Å². The first kappa shape index (κ1) is 20.5. The minimum atomic E-state index is -0.445. The number of imidazole rings is 1. The van der Waals surface area contributed by atoms with E-state index in [1.54, 1.807) is 4.68 Å². The Balaban J connectivity index is 0.00000156. The molecule has 10 heteroatoms. The van der Waals surface area contributed by atoms with Crippen molar-refractivity contribution in [3.63, 3.8) is 0 Å². The summed E-state index contributed by atoms with van der Waals surface area (Å²) in [5, 5.41) is 13.8. The summed E-state index contributed by atoms with van der Waals surface area (Å²) in [4.78, 5) is 16.7. The number of aromatic nitrogens is 4. The molecule has 3 rings (SSSR count). The molecule has 1 aromatic carbocycles. The first-order valence-corrected chi connectivity index (χ1v) is 7.17. The molecule has 0 aliphatic heterocycles. The van der Waals surface area contributed by atoms with Crippen LogP contribution in [-0.2, 0) is 13.5 Å². The number of amides is 1. The van der Waals surface area contributed by atoms with E-state index in [9.17, 15) is 4.79 Å². The first-order valence-electron chi connectivity index (χ1n) is 7.17. The quantitative estimate of drug-likeness (QED) is 0.472. The van der Waals surface area contributed by atoms with Gasteiger partial charge in [0.05, 0.1) is 28.5 Å². The van der Waals surface area contributed by atoms with Gasteiger partial charge in [0.15, 0.2) is 5.96 Å². The smallest absolute Gasteiger partial charge is 0.261 e. The van der Waals surface area contributed by atoms with Crippen LogP contribution in [0.5, 0.6) is 0 Å². The van der Waals surface area contributed by atoms with Gasteiger partial charge in [-0.15, -0.1) is 24.8 Å². The van der Waals surface area contributed by atoms with Gasteiger partial charge < -0.3 is 10.3 Å². The lowest BCUT2D eigenvalue weighted by molar-refractivity contribution is 0.0975. The average molecular weight is 384 g/mol. The molecule has 0 bridgehead atoms. The molecule has 134 valence electrons. The summed E-state index contributed by atoms with van der Waals surface area (Å²) in [7, 11) is 1.90. The molecule has 0 spiro atoms. The lowest BCUT2D eigenvalue weighted by Gasteiger charge is -2.07. The molecule has 0 aliphatic rings. The second kappa shape index (κ2) is 8.00. The van der Waals surface area contributed by atoms with Crippen molar-refractivity contribution in [3.8, 4) is 5.95 Å². The molecule has 1 amide bonds. The Labute approximate surface area is 156 Å². The molecule has 0 aliphatic carbocycles. The molecule has 25 heavy (non-hydrogen) atoms. The maximum Gasteiger partial charge on any atom is 0.261 e. The highest BCUT2D eigenvalue weighted by Crippen LogP contribution is 2.20. The number of carbonyl (C=O) groups is 1. The maximum atomic E-state index is 12.1. The molecule has 8 nitrogen and oxygen atoms in total. The summed E-state index contributed by atoms with van der Waals surface area (Å²) in [6, 6.07) is 7.78. The van der Waals surface area contributed by atoms with Crippen molar-refractivity contribution < 1.29 is 4.79 Å². The summed E-state index contributed by atoms with van der Waals surface area (Å²) in [5.74, 6) is -0.211. The number of rotatable bonds is 3. The Morgan fingerprint density at radius 1 is 1.32 bits per heavy atom. The van der Waals surface area contributed by atoms with Crippen molar-refractivity contribution in [3.05, 3.63) is 41.7 Å². The number of nitrogens with one attached hydrogen (secondary N) is 2. The predicted molar refractivity (Wildman–Crippen MR) is 101 cm³/mol. The van der Waals surface area contributed by atoms with Crippen molar-refractivity contribution >= 4 is 47.7 Å². The summed E-state index contributed by atoms with van der Waals surface area (Å²) < 4.78 is 3.57. The number of nitrogens with two attached hydrogens (primary N) is 1. The number of nitrogens with zero attached hydrogens (tertiary/aromatic N) is 4. The van der Waals surface area contributed by atoms with Gasteiger partial charge in [-0.2, -0.15) is 5.10 Å². The standard InChI is InChI=1S/C15H17N7O.2ClH/c1-3-11-9(13(23)20-14(16)17)8-18-22(11)15-19-10-6-4-5-7-12(10)21(15)2;;/h4-8H,3H2,1-2H3,(H4,16,17,20,23);2*1H. The van der Waals surface area contributed by atoms with Crippen molar-refractivity contribution in [2.75, 3.05) is 0 Å². The summed E-state index contributed by atoms with van der Waals surface area (Å²) in [5.41, 5.74) is 8.16. The van der Waals surface area contributed by atoms with Crippen molar-refractivity contribution in [2.24, 2.45) is 12.8 Å². The number of fused-ring (bicyclic) bond motifs is 1. The van der Waals surface area contributed by atoms with E-state index in [0.29, 0.717) is 23.6 Å². The number of guanidine groups is 1. The number of halogens is 2. The van der Waals surface area contributed by atoms with E-state index in [2.05, 4.69) is 15.4 Å². The third-order valence-corrected chi connectivity index (χ3v) is 3.65. The van der Waals surface area contributed by atoms with Crippen LogP contribution in [0.4, 0.5) is 0 Å². The predicted octanol–water partition coefficient (Wildman–Crippen LogP) is 1.79. The van der Waals surface area contributed by atoms with Crippen LogP contribution in [0, 0.1) is 5.41 Å². The zero-order valence-electron chi connectivity index (χ0n) is 13.7. The van der Waals surface area contributed by atoms with Gasteiger partial charge in [-0.05, 0) is 18.6 Å². The minimum Gasteiger partial charge on any atom is -0.370 e. The van der Waals surface area contributed by atoms with Crippen LogP contribution in [0.25, 0.3) is 17.0 Å². The molecule has 0 atom stereocenters. The van der Waals surface area contributed by atoms with Crippen LogP contribution in [0.3, 0.4) is 0 Å². The second-order valence-corrected chi connectivity index (χ2v) is 5.10.